The van der Waals surface area contributed by atoms with Gasteiger partial charge in [-0.05, 0) is 30.9 Å². The van der Waals surface area contributed by atoms with Crippen LogP contribution in [0, 0.1) is 12.3 Å². The van der Waals surface area contributed by atoms with Crippen LogP contribution in [0.2, 0.25) is 0 Å². The standard InChI is InChI=1S/C10H17N3/c1-8-9(5-12-7-13-8)4-10(2,3)6-11/h5,7H,4,6,11H2,1-3H3. The summed E-state index contributed by atoms with van der Waals surface area (Å²) in [6.45, 7) is 6.99. The van der Waals surface area contributed by atoms with Crippen molar-refractivity contribution in [2.45, 2.75) is 27.2 Å². The third-order valence-electron chi connectivity index (χ3n) is 2.23. The molecular formula is C10H17N3. The molecule has 0 saturated carbocycles. The molecule has 0 spiro atoms. The predicted molar refractivity (Wildman–Crippen MR) is 53.3 cm³/mol. The molecule has 1 rings (SSSR count). The van der Waals surface area contributed by atoms with E-state index in [2.05, 4.69) is 23.8 Å². The summed E-state index contributed by atoms with van der Waals surface area (Å²) in [5.74, 6) is 0. The van der Waals surface area contributed by atoms with Crippen LogP contribution in [-0.4, -0.2) is 16.5 Å². The predicted octanol–water partition coefficient (Wildman–Crippen LogP) is 1.31. The van der Waals surface area contributed by atoms with E-state index < -0.39 is 0 Å². The molecule has 0 aromatic carbocycles. The molecule has 13 heavy (non-hydrogen) atoms. The Labute approximate surface area is 79.4 Å². The highest BCUT2D eigenvalue weighted by Crippen LogP contribution is 2.20. The summed E-state index contributed by atoms with van der Waals surface area (Å²) in [5, 5.41) is 0. The van der Waals surface area contributed by atoms with Crippen LogP contribution < -0.4 is 5.73 Å². The highest BCUT2D eigenvalue weighted by atomic mass is 14.8. The van der Waals surface area contributed by atoms with Crippen molar-refractivity contribution in [1.29, 1.82) is 0 Å². The first kappa shape index (κ1) is 10.1. The van der Waals surface area contributed by atoms with Gasteiger partial charge in [0.2, 0.25) is 0 Å². The number of hydrogen-bond acceptors (Lipinski definition) is 3. The van der Waals surface area contributed by atoms with Crippen LogP contribution in [-0.2, 0) is 6.42 Å². The molecular weight excluding hydrogens is 162 g/mol. The van der Waals surface area contributed by atoms with Gasteiger partial charge in [0.05, 0.1) is 0 Å². The molecule has 0 unspecified atom stereocenters. The lowest BCUT2D eigenvalue weighted by atomic mass is 9.86. The molecule has 2 N–H and O–H groups in total. The van der Waals surface area contributed by atoms with Crippen molar-refractivity contribution >= 4 is 0 Å². The van der Waals surface area contributed by atoms with E-state index in [1.807, 2.05) is 13.1 Å². The Hall–Kier alpha value is -0.960. The van der Waals surface area contributed by atoms with Crippen molar-refractivity contribution in [3.63, 3.8) is 0 Å². The van der Waals surface area contributed by atoms with E-state index in [9.17, 15) is 0 Å². The lowest BCUT2D eigenvalue weighted by molar-refractivity contribution is 0.375. The molecule has 0 amide bonds. The first-order chi connectivity index (χ1) is 6.05. The zero-order valence-corrected chi connectivity index (χ0v) is 8.54. The van der Waals surface area contributed by atoms with Gasteiger partial charge in [-0.15, -0.1) is 0 Å². The molecule has 1 aromatic rings. The van der Waals surface area contributed by atoms with E-state index in [1.54, 1.807) is 6.33 Å². The Morgan fingerprint density at radius 2 is 2.15 bits per heavy atom. The van der Waals surface area contributed by atoms with E-state index in [0.717, 1.165) is 12.1 Å². The van der Waals surface area contributed by atoms with Crippen LogP contribution in [0.15, 0.2) is 12.5 Å². The smallest absolute Gasteiger partial charge is 0.115 e. The number of hydrogen-bond donors (Lipinski definition) is 1. The topological polar surface area (TPSA) is 51.8 Å². The summed E-state index contributed by atoms with van der Waals surface area (Å²) in [5.41, 5.74) is 8.04. The van der Waals surface area contributed by atoms with Crippen LogP contribution >= 0.6 is 0 Å². The Morgan fingerprint density at radius 3 is 2.69 bits per heavy atom. The highest BCUT2D eigenvalue weighted by molar-refractivity contribution is 5.15. The van der Waals surface area contributed by atoms with E-state index in [1.165, 1.54) is 5.56 Å². The van der Waals surface area contributed by atoms with Crippen molar-refractivity contribution in [2.75, 3.05) is 6.54 Å². The van der Waals surface area contributed by atoms with Gasteiger partial charge in [-0.25, -0.2) is 9.97 Å². The molecule has 1 aromatic heterocycles. The maximum Gasteiger partial charge on any atom is 0.115 e. The summed E-state index contributed by atoms with van der Waals surface area (Å²) < 4.78 is 0. The quantitative estimate of drug-likeness (QED) is 0.761. The largest absolute Gasteiger partial charge is 0.330 e. The SMILES string of the molecule is Cc1ncncc1CC(C)(C)CN. The first-order valence-corrected chi connectivity index (χ1v) is 4.51. The van der Waals surface area contributed by atoms with Crippen LogP contribution in [0.25, 0.3) is 0 Å². The van der Waals surface area contributed by atoms with Gasteiger partial charge in [0.1, 0.15) is 6.33 Å². The second kappa shape index (κ2) is 3.83. The van der Waals surface area contributed by atoms with Gasteiger partial charge in [-0.3, -0.25) is 0 Å². The van der Waals surface area contributed by atoms with Gasteiger partial charge in [-0.1, -0.05) is 13.8 Å². The lowest BCUT2D eigenvalue weighted by Gasteiger charge is -2.22. The fourth-order valence-electron chi connectivity index (χ4n) is 1.18. The number of nitrogens with two attached hydrogens (primary N) is 1. The second-order valence-electron chi connectivity index (χ2n) is 4.18. The zero-order valence-electron chi connectivity index (χ0n) is 8.54. The average molecular weight is 179 g/mol. The molecule has 3 heteroatoms. The second-order valence-corrected chi connectivity index (χ2v) is 4.18. The molecule has 3 nitrogen and oxygen atoms in total. The van der Waals surface area contributed by atoms with Gasteiger partial charge in [0.25, 0.3) is 0 Å². The molecule has 0 atom stereocenters. The molecule has 0 bridgehead atoms. The van der Waals surface area contributed by atoms with Gasteiger partial charge in [0, 0.05) is 11.9 Å². The van der Waals surface area contributed by atoms with E-state index in [0.29, 0.717) is 6.54 Å². The minimum absolute atomic E-state index is 0.134. The summed E-state index contributed by atoms with van der Waals surface area (Å²) in [6, 6.07) is 0. The third kappa shape index (κ3) is 2.77. The maximum atomic E-state index is 5.66. The molecule has 0 aliphatic heterocycles. The number of nitrogens with zero attached hydrogens (tertiary/aromatic N) is 2. The Bertz CT molecular complexity index is 281. The van der Waals surface area contributed by atoms with E-state index in [-0.39, 0.29) is 5.41 Å². The Balaban J connectivity index is 2.80. The summed E-state index contributed by atoms with van der Waals surface area (Å²) >= 11 is 0. The molecule has 0 aliphatic carbocycles. The fourth-order valence-corrected chi connectivity index (χ4v) is 1.18. The maximum absolute atomic E-state index is 5.66. The van der Waals surface area contributed by atoms with Gasteiger partial charge >= 0.3 is 0 Å². The fraction of sp³-hybridized carbons (Fsp3) is 0.600. The minimum Gasteiger partial charge on any atom is -0.330 e. The van der Waals surface area contributed by atoms with E-state index >= 15 is 0 Å². The minimum atomic E-state index is 0.134. The van der Waals surface area contributed by atoms with Crippen LogP contribution in [0.3, 0.4) is 0 Å². The van der Waals surface area contributed by atoms with Crippen molar-refractivity contribution in [2.24, 2.45) is 11.1 Å². The van der Waals surface area contributed by atoms with Crippen molar-refractivity contribution in [3.05, 3.63) is 23.8 Å². The molecule has 1 heterocycles. The number of aryl methyl sites for hydroxylation is 1. The number of aromatic nitrogens is 2. The average Bonchev–Trinajstić information content (AvgIpc) is 2.09. The molecule has 0 saturated heterocycles. The zero-order chi connectivity index (χ0) is 9.90. The highest BCUT2D eigenvalue weighted by Gasteiger charge is 2.17. The third-order valence-corrected chi connectivity index (χ3v) is 2.23. The Kier molecular flexibility index (Phi) is 2.98. The number of rotatable bonds is 3. The van der Waals surface area contributed by atoms with Crippen molar-refractivity contribution in [1.82, 2.24) is 9.97 Å². The van der Waals surface area contributed by atoms with Gasteiger partial charge in [-0.2, -0.15) is 0 Å². The van der Waals surface area contributed by atoms with Crippen LogP contribution in [0.4, 0.5) is 0 Å². The molecule has 0 fully saturated rings. The molecule has 0 aliphatic rings. The monoisotopic (exact) mass is 179 g/mol. The van der Waals surface area contributed by atoms with Crippen LogP contribution in [0.1, 0.15) is 25.1 Å². The van der Waals surface area contributed by atoms with E-state index in [4.69, 9.17) is 5.73 Å². The Morgan fingerprint density at radius 1 is 1.46 bits per heavy atom. The van der Waals surface area contributed by atoms with Crippen LogP contribution in [0.5, 0.6) is 0 Å². The first-order valence-electron chi connectivity index (χ1n) is 4.51. The summed E-state index contributed by atoms with van der Waals surface area (Å²) in [4.78, 5) is 8.16. The lowest BCUT2D eigenvalue weighted by Crippen LogP contribution is -2.26. The van der Waals surface area contributed by atoms with Gasteiger partial charge < -0.3 is 5.73 Å². The molecule has 72 valence electrons. The van der Waals surface area contributed by atoms with Crippen molar-refractivity contribution in [3.8, 4) is 0 Å². The normalized spacial score (nSPS) is 11.7. The van der Waals surface area contributed by atoms with Gasteiger partial charge in [0.15, 0.2) is 0 Å². The summed E-state index contributed by atoms with van der Waals surface area (Å²) in [7, 11) is 0. The molecule has 0 radical (unpaired) electrons. The van der Waals surface area contributed by atoms with Crippen molar-refractivity contribution < 1.29 is 0 Å². The summed E-state index contributed by atoms with van der Waals surface area (Å²) in [6.07, 6.45) is 4.39.